The van der Waals surface area contributed by atoms with Gasteiger partial charge in [0.1, 0.15) is 5.76 Å². The molecule has 0 aliphatic rings. The summed E-state index contributed by atoms with van der Waals surface area (Å²) in [5.41, 5.74) is 0.954. The van der Waals surface area contributed by atoms with Crippen LogP contribution in [0.5, 0.6) is 0 Å². The van der Waals surface area contributed by atoms with Crippen molar-refractivity contribution in [2.45, 2.75) is 20.8 Å². The highest BCUT2D eigenvalue weighted by Gasteiger charge is 2.05. The van der Waals surface area contributed by atoms with Gasteiger partial charge in [-0.3, -0.25) is 4.79 Å². The first-order chi connectivity index (χ1) is 7.38. The number of carbonyl (C=O) groups is 1. The van der Waals surface area contributed by atoms with Gasteiger partial charge in [0.15, 0.2) is 11.7 Å². The first-order valence-electron chi connectivity index (χ1n) is 4.97. The number of hydrogen-bond acceptors (Lipinski definition) is 3. The molecule has 0 unspecified atom stereocenters. The van der Waals surface area contributed by atoms with E-state index in [1.165, 1.54) is 13.0 Å². The van der Waals surface area contributed by atoms with Crippen LogP contribution < -0.4 is 0 Å². The van der Waals surface area contributed by atoms with Crippen molar-refractivity contribution in [2.75, 3.05) is 7.05 Å². The highest BCUT2D eigenvalue weighted by Crippen LogP contribution is 2.13. The van der Waals surface area contributed by atoms with E-state index in [1.54, 1.807) is 17.9 Å². The van der Waals surface area contributed by atoms with Crippen molar-refractivity contribution in [3.8, 4) is 0 Å². The molecule has 0 saturated heterocycles. The molecule has 0 bridgehead atoms. The molecule has 0 aliphatic heterocycles. The monoisotopic (exact) mass is 221 g/mol. The maximum atomic E-state index is 10.8. The van der Waals surface area contributed by atoms with Crippen molar-refractivity contribution >= 4 is 5.78 Å². The molecule has 88 valence electrons. The van der Waals surface area contributed by atoms with Crippen molar-refractivity contribution in [3.05, 3.63) is 48.7 Å². The SMILES string of the molecule is C=CC=C(C)N(C)C(=C)O/C(C)=C/C(C)=O. The molecule has 0 fully saturated rings. The topological polar surface area (TPSA) is 29.5 Å². The van der Waals surface area contributed by atoms with E-state index in [1.807, 2.05) is 20.0 Å². The molecule has 0 atom stereocenters. The van der Waals surface area contributed by atoms with E-state index in [4.69, 9.17) is 4.74 Å². The Bertz CT molecular complexity index is 351. The summed E-state index contributed by atoms with van der Waals surface area (Å²) in [6.07, 6.45) is 4.96. The van der Waals surface area contributed by atoms with Gasteiger partial charge in [-0.15, -0.1) is 0 Å². The van der Waals surface area contributed by atoms with Crippen LogP contribution in [0.3, 0.4) is 0 Å². The van der Waals surface area contributed by atoms with Gasteiger partial charge < -0.3 is 9.64 Å². The van der Waals surface area contributed by atoms with Crippen LogP contribution in [0.15, 0.2) is 48.7 Å². The fourth-order valence-corrected chi connectivity index (χ4v) is 1.05. The second-order valence-corrected chi connectivity index (χ2v) is 3.46. The maximum Gasteiger partial charge on any atom is 0.192 e. The van der Waals surface area contributed by atoms with E-state index in [9.17, 15) is 4.79 Å². The Balaban J connectivity index is 4.54. The third kappa shape index (κ3) is 5.20. The van der Waals surface area contributed by atoms with Crippen LogP contribution in [0.2, 0.25) is 0 Å². The molecule has 0 aromatic carbocycles. The van der Waals surface area contributed by atoms with E-state index in [2.05, 4.69) is 13.2 Å². The zero-order valence-corrected chi connectivity index (χ0v) is 10.4. The fraction of sp³-hybridized carbons (Fsp3) is 0.308. The standard InChI is InChI=1S/C13H19NO2/c1-7-8-10(2)14(6)13(5)16-12(4)9-11(3)15/h7-9H,1,5H2,2-4,6H3/b10-8?,12-9+. The van der Waals surface area contributed by atoms with Crippen LogP contribution in [0.25, 0.3) is 0 Å². The summed E-state index contributed by atoms with van der Waals surface area (Å²) in [6.45, 7) is 12.5. The smallest absolute Gasteiger partial charge is 0.192 e. The quantitative estimate of drug-likeness (QED) is 0.392. The summed E-state index contributed by atoms with van der Waals surface area (Å²) in [6, 6.07) is 0. The minimum Gasteiger partial charge on any atom is -0.446 e. The summed E-state index contributed by atoms with van der Waals surface area (Å²) in [4.78, 5) is 12.6. The Kier molecular flexibility index (Phi) is 5.93. The first kappa shape index (κ1) is 14.2. The Morgan fingerprint density at radius 1 is 1.31 bits per heavy atom. The zero-order valence-electron chi connectivity index (χ0n) is 10.4. The summed E-state index contributed by atoms with van der Waals surface area (Å²) in [7, 11) is 1.83. The van der Waals surface area contributed by atoms with Gasteiger partial charge >= 0.3 is 0 Å². The van der Waals surface area contributed by atoms with Gasteiger partial charge in [0.2, 0.25) is 0 Å². The lowest BCUT2D eigenvalue weighted by atomic mass is 10.3. The fourth-order valence-electron chi connectivity index (χ4n) is 1.05. The highest BCUT2D eigenvalue weighted by atomic mass is 16.5. The van der Waals surface area contributed by atoms with Gasteiger partial charge in [-0.05, 0) is 33.4 Å². The van der Waals surface area contributed by atoms with Gasteiger partial charge in [-0.25, -0.2) is 0 Å². The predicted octanol–water partition coefficient (Wildman–Crippen LogP) is 2.99. The lowest BCUT2D eigenvalue weighted by molar-refractivity contribution is -0.112. The molecule has 0 rings (SSSR count). The average Bonchev–Trinajstić information content (AvgIpc) is 2.15. The normalized spacial score (nSPS) is 12.0. The van der Waals surface area contributed by atoms with Crippen LogP contribution in [-0.4, -0.2) is 17.7 Å². The molecule has 16 heavy (non-hydrogen) atoms. The molecule has 0 saturated carbocycles. The van der Waals surface area contributed by atoms with Crippen molar-refractivity contribution in [1.29, 1.82) is 0 Å². The second kappa shape index (κ2) is 6.67. The maximum absolute atomic E-state index is 10.8. The Morgan fingerprint density at radius 3 is 2.31 bits per heavy atom. The number of carbonyl (C=O) groups excluding carboxylic acids is 1. The van der Waals surface area contributed by atoms with Crippen LogP contribution in [0.1, 0.15) is 20.8 Å². The van der Waals surface area contributed by atoms with Crippen LogP contribution in [0.4, 0.5) is 0 Å². The van der Waals surface area contributed by atoms with E-state index < -0.39 is 0 Å². The van der Waals surface area contributed by atoms with Gasteiger partial charge in [0.05, 0.1) is 0 Å². The molecular formula is C13H19NO2. The molecule has 3 heteroatoms. The molecule has 0 heterocycles. The first-order valence-corrected chi connectivity index (χ1v) is 4.97. The average molecular weight is 221 g/mol. The highest BCUT2D eigenvalue weighted by molar-refractivity contribution is 5.87. The lowest BCUT2D eigenvalue weighted by Crippen LogP contribution is -2.16. The Morgan fingerprint density at radius 2 is 1.88 bits per heavy atom. The molecule has 0 aliphatic carbocycles. The third-order valence-corrected chi connectivity index (χ3v) is 1.95. The zero-order chi connectivity index (χ0) is 12.7. The van der Waals surface area contributed by atoms with Crippen LogP contribution in [0, 0.1) is 0 Å². The Hall–Kier alpha value is -1.77. The summed E-state index contributed by atoms with van der Waals surface area (Å²) < 4.78 is 5.39. The van der Waals surface area contributed by atoms with Gasteiger partial charge in [-0.1, -0.05) is 12.7 Å². The molecule has 0 spiro atoms. The second-order valence-electron chi connectivity index (χ2n) is 3.46. The number of ether oxygens (including phenoxy) is 1. The van der Waals surface area contributed by atoms with E-state index in [0.29, 0.717) is 11.6 Å². The number of hydrogen-bond donors (Lipinski definition) is 0. The lowest BCUT2D eigenvalue weighted by Gasteiger charge is -2.22. The summed E-state index contributed by atoms with van der Waals surface area (Å²) >= 11 is 0. The molecule has 0 N–H and O–H groups in total. The molecule has 0 aromatic rings. The van der Waals surface area contributed by atoms with Gasteiger partial charge in [0, 0.05) is 18.8 Å². The summed E-state index contributed by atoms with van der Waals surface area (Å²) in [5, 5.41) is 0. The van der Waals surface area contributed by atoms with E-state index >= 15 is 0 Å². The molecule has 3 nitrogen and oxygen atoms in total. The summed E-state index contributed by atoms with van der Waals surface area (Å²) in [5.74, 6) is 0.938. The number of nitrogens with zero attached hydrogens (tertiary/aromatic N) is 1. The van der Waals surface area contributed by atoms with Crippen LogP contribution >= 0.6 is 0 Å². The Labute approximate surface area is 97.4 Å². The minimum atomic E-state index is -0.0497. The largest absolute Gasteiger partial charge is 0.446 e. The van der Waals surface area contributed by atoms with Crippen molar-refractivity contribution in [1.82, 2.24) is 4.90 Å². The van der Waals surface area contributed by atoms with Crippen molar-refractivity contribution in [3.63, 3.8) is 0 Å². The van der Waals surface area contributed by atoms with Gasteiger partial charge in [-0.2, -0.15) is 0 Å². The molecule has 0 amide bonds. The minimum absolute atomic E-state index is 0.0497. The molecule has 0 radical (unpaired) electrons. The number of ketones is 1. The van der Waals surface area contributed by atoms with Crippen molar-refractivity contribution in [2.24, 2.45) is 0 Å². The molecular weight excluding hydrogens is 202 g/mol. The predicted molar refractivity (Wildman–Crippen MR) is 66.4 cm³/mol. The number of rotatable bonds is 6. The van der Waals surface area contributed by atoms with Gasteiger partial charge in [0.25, 0.3) is 0 Å². The van der Waals surface area contributed by atoms with E-state index in [-0.39, 0.29) is 5.78 Å². The third-order valence-electron chi connectivity index (χ3n) is 1.95. The van der Waals surface area contributed by atoms with Crippen molar-refractivity contribution < 1.29 is 9.53 Å². The van der Waals surface area contributed by atoms with E-state index in [0.717, 1.165) is 5.70 Å². The van der Waals surface area contributed by atoms with Crippen LogP contribution in [-0.2, 0) is 9.53 Å². The number of allylic oxidation sites excluding steroid dienone is 5. The molecule has 0 aromatic heterocycles.